The first-order valence-corrected chi connectivity index (χ1v) is 10.8. The number of morpholine rings is 1. The molecule has 0 amide bonds. The fourth-order valence-corrected chi connectivity index (χ4v) is 4.04. The molecule has 6 heteroatoms. The highest BCUT2D eigenvalue weighted by Crippen LogP contribution is 2.21. The molecule has 0 spiro atoms. The van der Waals surface area contributed by atoms with Gasteiger partial charge in [0.15, 0.2) is 5.96 Å². The zero-order chi connectivity index (χ0) is 20.6. The molecule has 6 nitrogen and oxygen atoms in total. The Bertz CT molecular complexity index is 821. The first-order valence-electron chi connectivity index (χ1n) is 10.8. The number of benzene rings is 2. The van der Waals surface area contributed by atoms with Gasteiger partial charge in [-0.3, -0.25) is 4.99 Å². The lowest BCUT2D eigenvalue weighted by atomic mass is 10.1. The van der Waals surface area contributed by atoms with Gasteiger partial charge in [-0.1, -0.05) is 42.5 Å². The summed E-state index contributed by atoms with van der Waals surface area (Å²) in [7, 11) is 1.84. The van der Waals surface area contributed by atoms with Crippen molar-refractivity contribution in [2.24, 2.45) is 4.99 Å². The predicted octanol–water partition coefficient (Wildman–Crippen LogP) is 3.22. The van der Waals surface area contributed by atoms with Crippen LogP contribution in [0.1, 0.15) is 24.0 Å². The molecule has 160 valence electrons. The number of hydrogen-bond donors (Lipinski definition) is 1. The highest BCUT2D eigenvalue weighted by molar-refractivity contribution is 5.80. The summed E-state index contributed by atoms with van der Waals surface area (Å²) >= 11 is 0. The summed E-state index contributed by atoms with van der Waals surface area (Å²) in [5.41, 5.74) is 2.38. The molecular formula is C24H31N3O3. The molecule has 2 aliphatic rings. The lowest BCUT2D eigenvalue weighted by Crippen LogP contribution is -2.53. The Balaban J connectivity index is 1.35. The Morgan fingerprint density at radius 3 is 2.57 bits per heavy atom. The van der Waals surface area contributed by atoms with Crippen LogP contribution in [0.25, 0.3) is 0 Å². The third kappa shape index (κ3) is 5.32. The van der Waals surface area contributed by atoms with Crippen molar-refractivity contribution in [2.45, 2.75) is 38.2 Å². The van der Waals surface area contributed by atoms with Gasteiger partial charge in [0, 0.05) is 33.3 Å². The van der Waals surface area contributed by atoms with Crippen molar-refractivity contribution in [3.05, 3.63) is 65.7 Å². The van der Waals surface area contributed by atoms with Gasteiger partial charge in [0.2, 0.25) is 0 Å². The molecule has 2 aromatic carbocycles. The summed E-state index contributed by atoms with van der Waals surface area (Å²) in [5, 5.41) is 3.53. The third-order valence-electron chi connectivity index (χ3n) is 5.68. The lowest BCUT2D eigenvalue weighted by molar-refractivity contribution is -0.0817. The van der Waals surface area contributed by atoms with Crippen molar-refractivity contribution in [1.29, 1.82) is 0 Å². The molecular weight excluding hydrogens is 378 g/mol. The largest absolute Gasteiger partial charge is 0.489 e. The average molecular weight is 410 g/mol. The van der Waals surface area contributed by atoms with Crippen molar-refractivity contribution in [3.63, 3.8) is 0 Å². The number of guanidine groups is 1. The molecule has 2 saturated heterocycles. The van der Waals surface area contributed by atoms with Gasteiger partial charge in [0.05, 0.1) is 12.7 Å². The summed E-state index contributed by atoms with van der Waals surface area (Å²) < 4.78 is 17.8. The van der Waals surface area contributed by atoms with E-state index in [2.05, 4.69) is 39.5 Å². The van der Waals surface area contributed by atoms with E-state index < -0.39 is 0 Å². The van der Waals surface area contributed by atoms with Gasteiger partial charge in [0.25, 0.3) is 0 Å². The van der Waals surface area contributed by atoms with Crippen LogP contribution >= 0.6 is 0 Å². The number of para-hydroxylation sites is 1. The Morgan fingerprint density at radius 1 is 1.03 bits per heavy atom. The predicted molar refractivity (Wildman–Crippen MR) is 118 cm³/mol. The number of rotatable bonds is 6. The van der Waals surface area contributed by atoms with Crippen LogP contribution in [0.4, 0.5) is 0 Å². The van der Waals surface area contributed by atoms with Crippen LogP contribution < -0.4 is 10.1 Å². The van der Waals surface area contributed by atoms with Crippen LogP contribution in [0.5, 0.6) is 5.75 Å². The summed E-state index contributed by atoms with van der Waals surface area (Å²) in [4.78, 5) is 6.79. The molecule has 30 heavy (non-hydrogen) atoms. The fraction of sp³-hybridized carbons (Fsp3) is 0.458. The second-order valence-electron chi connectivity index (χ2n) is 7.68. The fourth-order valence-electron chi connectivity index (χ4n) is 4.04. The smallest absolute Gasteiger partial charge is 0.194 e. The Labute approximate surface area is 178 Å². The van der Waals surface area contributed by atoms with Crippen molar-refractivity contribution in [3.8, 4) is 5.75 Å². The maximum Gasteiger partial charge on any atom is 0.194 e. The highest BCUT2D eigenvalue weighted by atomic mass is 16.5. The van der Waals surface area contributed by atoms with Crippen LogP contribution in [0, 0.1) is 0 Å². The number of nitrogens with one attached hydrogen (secondary N) is 1. The standard InChI is InChI=1S/C24H31N3O3/c1-25-24(27-13-15-29-23(17-27)22-12-7-14-28-22)26-16-19-8-5-6-9-20(19)18-30-21-10-3-2-4-11-21/h2-6,8-11,22-23H,7,12-18H2,1H3,(H,25,26). The quantitative estimate of drug-likeness (QED) is 0.587. The molecule has 2 atom stereocenters. The SMILES string of the molecule is CN=C(NCc1ccccc1COc1ccccc1)N1CCOC(C2CCCO2)C1. The molecule has 2 heterocycles. The molecule has 2 unspecified atom stereocenters. The average Bonchev–Trinajstić information content (AvgIpc) is 3.35. The van der Waals surface area contributed by atoms with E-state index in [0.717, 1.165) is 44.2 Å². The maximum absolute atomic E-state index is 5.98. The zero-order valence-electron chi connectivity index (χ0n) is 17.6. The summed E-state index contributed by atoms with van der Waals surface area (Å²) in [6.07, 6.45) is 2.53. The van der Waals surface area contributed by atoms with E-state index in [-0.39, 0.29) is 12.2 Å². The second-order valence-corrected chi connectivity index (χ2v) is 7.68. The van der Waals surface area contributed by atoms with Gasteiger partial charge in [-0.2, -0.15) is 0 Å². The molecule has 0 aromatic heterocycles. The van der Waals surface area contributed by atoms with Gasteiger partial charge in [0.1, 0.15) is 18.5 Å². The number of ether oxygens (including phenoxy) is 3. The minimum absolute atomic E-state index is 0.117. The van der Waals surface area contributed by atoms with E-state index in [1.807, 2.05) is 37.4 Å². The zero-order valence-corrected chi connectivity index (χ0v) is 17.6. The topological polar surface area (TPSA) is 55.3 Å². The summed E-state index contributed by atoms with van der Waals surface area (Å²) in [6, 6.07) is 18.3. The van der Waals surface area contributed by atoms with Crippen molar-refractivity contribution < 1.29 is 14.2 Å². The molecule has 0 aliphatic carbocycles. The first-order chi connectivity index (χ1) is 14.8. The van der Waals surface area contributed by atoms with Crippen LogP contribution in [0.2, 0.25) is 0 Å². The first kappa shape index (κ1) is 20.7. The van der Waals surface area contributed by atoms with Crippen molar-refractivity contribution in [1.82, 2.24) is 10.2 Å². The summed E-state index contributed by atoms with van der Waals surface area (Å²) in [5.74, 6) is 1.78. The molecule has 2 fully saturated rings. The molecule has 4 rings (SSSR count). The van der Waals surface area contributed by atoms with E-state index in [1.165, 1.54) is 11.1 Å². The Kier molecular flexibility index (Phi) is 7.21. The maximum atomic E-state index is 5.98. The molecule has 2 aliphatic heterocycles. The van der Waals surface area contributed by atoms with Gasteiger partial charge in [-0.25, -0.2) is 0 Å². The Hall–Kier alpha value is -2.57. The number of aliphatic imine (C=N–C) groups is 1. The van der Waals surface area contributed by atoms with Gasteiger partial charge in [-0.15, -0.1) is 0 Å². The Morgan fingerprint density at radius 2 is 1.80 bits per heavy atom. The minimum Gasteiger partial charge on any atom is -0.489 e. The minimum atomic E-state index is 0.117. The van der Waals surface area contributed by atoms with E-state index >= 15 is 0 Å². The molecule has 0 bridgehead atoms. The normalized spacial score (nSPS) is 22.2. The second kappa shape index (κ2) is 10.5. The van der Waals surface area contributed by atoms with Crippen molar-refractivity contribution >= 4 is 5.96 Å². The van der Waals surface area contributed by atoms with E-state index in [0.29, 0.717) is 19.8 Å². The monoisotopic (exact) mass is 409 g/mol. The number of hydrogen-bond acceptors (Lipinski definition) is 4. The van der Waals surface area contributed by atoms with Crippen LogP contribution in [-0.4, -0.2) is 56.4 Å². The molecule has 2 aromatic rings. The van der Waals surface area contributed by atoms with Gasteiger partial charge < -0.3 is 24.4 Å². The third-order valence-corrected chi connectivity index (χ3v) is 5.68. The van der Waals surface area contributed by atoms with E-state index in [4.69, 9.17) is 14.2 Å². The van der Waals surface area contributed by atoms with Crippen molar-refractivity contribution in [2.75, 3.05) is 33.4 Å². The lowest BCUT2D eigenvalue weighted by Gasteiger charge is -2.37. The summed E-state index contributed by atoms with van der Waals surface area (Å²) in [6.45, 7) is 4.43. The van der Waals surface area contributed by atoms with Crippen LogP contribution in [-0.2, 0) is 22.6 Å². The molecule has 0 radical (unpaired) electrons. The van der Waals surface area contributed by atoms with Gasteiger partial charge in [-0.05, 0) is 36.1 Å². The molecule has 1 N–H and O–H groups in total. The highest BCUT2D eigenvalue weighted by Gasteiger charge is 2.32. The van der Waals surface area contributed by atoms with E-state index in [1.54, 1.807) is 0 Å². The van der Waals surface area contributed by atoms with Crippen LogP contribution in [0.15, 0.2) is 59.6 Å². The van der Waals surface area contributed by atoms with E-state index in [9.17, 15) is 0 Å². The number of nitrogens with zero attached hydrogens (tertiary/aromatic N) is 2. The molecule has 0 saturated carbocycles. The van der Waals surface area contributed by atoms with Crippen LogP contribution in [0.3, 0.4) is 0 Å². The van der Waals surface area contributed by atoms with Gasteiger partial charge >= 0.3 is 0 Å².